The van der Waals surface area contributed by atoms with E-state index in [0.29, 0.717) is 5.56 Å². The van der Waals surface area contributed by atoms with Crippen molar-refractivity contribution < 1.29 is 4.79 Å². The molecule has 1 amide bonds. The summed E-state index contributed by atoms with van der Waals surface area (Å²) in [5.74, 6) is 0.0104. The number of carbonyl (C=O) groups is 1. The van der Waals surface area contributed by atoms with E-state index in [1.165, 1.54) is 0 Å². The second-order valence-corrected chi connectivity index (χ2v) is 5.02. The minimum absolute atomic E-state index is 0.0104. The van der Waals surface area contributed by atoms with Gasteiger partial charge >= 0.3 is 0 Å². The Morgan fingerprint density at radius 1 is 1.25 bits per heavy atom. The molecule has 0 bridgehead atoms. The molecule has 0 saturated heterocycles. The molecule has 2 rings (SSSR count). The first-order valence-corrected chi connectivity index (χ1v) is 6.55. The number of aromatic nitrogens is 2. The lowest BCUT2D eigenvalue weighted by Gasteiger charge is -2.16. The van der Waals surface area contributed by atoms with Gasteiger partial charge in [-0.1, -0.05) is 0 Å². The van der Waals surface area contributed by atoms with Gasteiger partial charge in [0, 0.05) is 38.6 Å². The first kappa shape index (κ1) is 14.1. The molecule has 0 fully saturated rings. The molecule has 1 aromatic heterocycles. The van der Waals surface area contributed by atoms with Gasteiger partial charge in [-0.05, 0) is 37.3 Å². The Morgan fingerprint density at radius 2 is 1.90 bits per heavy atom. The molecule has 0 aliphatic heterocycles. The van der Waals surface area contributed by atoms with Crippen LogP contribution >= 0.6 is 0 Å². The van der Waals surface area contributed by atoms with Gasteiger partial charge < -0.3 is 10.2 Å². The Bertz CT molecular complexity index is 586. The van der Waals surface area contributed by atoms with Gasteiger partial charge in [0.25, 0.3) is 5.91 Å². The monoisotopic (exact) mass is 272 g/mol. The van der Waals surface area contributed by atoms with Gasteiger partial charge in [0.15, 0.2) is 0 Å². The fourth-order valence-electron chi connectivity index (χ4n) is 2.10. The van der Waals surface area contributed by atoms with E-state index in [1.54, 1.807) is 25.2 Å². The van der Waals surface area contributed by atoms with E-state index in [0.717, 1.165) is 11.4 Å². The maximum absolute atomic E-state index is 11.8. The third kappa shape index (κ3) is 2.99. The van der Waals surface area contributed by atoms with E-state index in [9.17, 15) is 4.79 Å². The Morgan fingerprint density at radius 3 is 2.40 bits per heavy atom. The van der Waals surface area contributed by atoms with E-state index in [1.807, 2.05) is 42.1 Å². The van der Waals surface area contributed by atoms with E-state index in [-0.39, 0.29) is 11.9 Å². The quantitative estimate of drug-likeness (QED) is 0.929. The fourth-order valence-corrected chi connectivity index (χ4v) is 2.10. The predicted octanol–water partition coefficient (Wildman–Crippen LogP) is 2.29. The molecule has 0 aliphatic rings. The minimum Gasteiger partial charge on any atom is -0.377 e. The Labute approximate surface area is 119 Å². The van der Waals surface area contributed by atoms with Crippen LogP contribution in [0.2, 0.25) is 0 Å². The second kappa shape index (κ2) is 5.77. The lowest BCUT2D eigenvalue weighted by atomic mass is 10.1. The number of anilines is 1. The summed E-state index contributed by atoms with van der Waals surface area (Å²) in [4.78, 5) is 13.4. The summed E-state index contributed by atoms with van der Waals surface area (Å²) in [6.07, 6.45) is 1.78. The molecular weight excluding hydrogens is 252 g/mol. The van der Waals surface area contributed by atoms with Crippen LogP contribution in [-0.4, -0.2) is 34.7 Å². The van der Waals surface area contributed by atoms with E-state index < -0.39 is 0 Å². The van der Waals surface area contributed by atoms with Crippen molar-refractivity contribution in [1.82, 2.24) is 14.7 Å². The highest BCUT2D eigenvalue weighted by atomic mass is 16.2. The molecule has 0 saturated carbocycles. The number of nitrogens with zero attached hydrogens (tertiary/aromatic N) is 3. The van der Waals surface area contributed by atoms with Crippen molar-refractivity contribution in [3.8, 4) is 0 Å². The van der Waals surface area contributed by atoms with Crippen molar-refractivity contribution >= 4 is 11.6 Å². The van der Waals surface area contributed by atoms with Crippen LogP contribution in [0.5, 0.6) is 0 Å². The molecule has 2 aromatic rings. The second-order valence-electron chi connectivity index (χ2n) is 5.02. The Hall–Kier alpha value is -2.30. The van der Waals surface area contributed by atoms with Crippen LogP contribution in [0.1, 0.15) is 29.0 Å². The van der Waals surface area contributed by atoms with Gasteiger partial charge in [-0.15, -0.1) is 0 Å². The summed E-state index contributed by atoms with van der Waals surface area (Å²) >= 11 is 0. The molecule has 106 valence electrons. The molecule has 1 aromatic carbocycles. The first-order valence-electron chi connectivity index (χ1n) is 6.55. The average molecular weight is 272 g/mol. The van der Waals surface area contributed by atoms with Crippen LogP contribution in [0.4, 0.5) is 5.69 Å². The zero-order valence-corrected chi connectivity index (χ0v) is 12.3. The molecule has 1 N–H and O–H groups in total. The molecule has 0 spiro atoms. The minimum atomic E-state index is 0.0104. The number of amides is 1. The zero-order chi connectivity index (χ0) is 14.7. The molecule has 1 heterocycles. The third-order valence-electron chi connectivity index (χ3n) is 3.22. The third-order valence-corrected chi connectivity index (χ3v) is 3.22. The van der Waals surface area contributed by atoms with Gasteiger partial charge in [-0.2, -0.15) is 5.10 Å². The molecule has 5 heteroatoms. The predicted molar refractivity (Wildman–Crippen MR) is 79.7 cm³/mol. The number of benzene rings is 1. The molecule has 20 heavy (non-hydrogen) atoms. The van der Waals surface area contributed by atoms with Crippen LogP contribution in [0.3, 0.4) is 0 Å². The van der Waals surface area contributed by atoms with Crippen molar-refractivity contribution in [2.75, 3.05) is 19.4 Å². The number of rotatable bonds is 4. The standard InChI is InChI=1S/C15H20N4O/c1-11(14-9-10-16-19(14)4)17-13-7-5-12(6-8-13)15(20)18(2)3/h5-11,17H,1-4H3. The van der Waals surface area contributed by atoms with Crippen molar-refractivity contribution in [3.05, 3.63) is 47.8 Å². The maximum atomic E-state index is 11.8. The van der Waals surface area contributed by atoms with E-state index >= 15 is 0 Å². The van der Waals surface area contributed by atoms with Gasteiger partial charge in [0.05, 0.1) is 11.7 Å². The molecule has 1 unspecified atom stereocenters. The highest BCUT2D eigenvalue weighted by Crippen LogP contribution is 2.19. The Kier molecular flexibility index (Phi) is 4.08. The molecule has 0 aliphatic carbocycles. The highest BCUT2D eigenvalue weighted by molar-refractivity contribution is 5.94. The Balaban J connectivity index is 2.08. The summed E-state index contributed by atoms with van der Waals surface area (Å²) < 4.78 is 1.85. The van der Waals surface area contributed by atoms with Crippen LogP contribution in [0.15, 0.2) is 36.5 Å². The van der Waals surface area contributed by atoms with Crippen molar-refractivity contribution in [2.45, 2.75) is 13.0 Å². The summed E-state index contributed by atoms with van der Waals surface area (Å²) in [6, 6.07) is 9.65. The molecule has 5 nitrogen and oxygen atoms in total. The molecule has 1 atom stereocenters. The van der Waals surface area contributed by atoms with Crippen molar-refractivity contribution in [1.29, 1.82) is 0 Å². The van der Waals surface area contributed by atoms with Crippen molar-refractivity contribution in [3.63, 3.8) is 0 Å². The van der Waals surface area contributed by atoms with Crippen LogP contribution in [-0.2, 0) is 7.05 Å². The average Bonchev–Trinajstić information content (AvgIpc) is 2.85. The lowest BCUT2D eigenvalue weighted by Crippen LogP contribution is -2.21. The van der Waals surface area contributed by atoms with E-state index in [2.05, 4.69) is 17.3 Å². The lowest BCUT2D eigenvalue weighted by molar-refractivity contribution is 0.0827. The number of hydrogen-bond acceptors (Lipinski definition) is 3. The number of nitrogens with one attached hydrogen (secondary N) is 1. The fraction of sp³-hybridized carbons (Fsp3) is 0.333. The number of hydrogen-bond donors (Lipinski definition) is 1. The summed E-state index contributed by atoms with van der Waals surface area (Å²) in [5, 5.41) is 7.56. The normalized spacial score (nSPS) is 12.0. The maximum Gasteiger partial charge on any atom is 0.253 e. The van der Waals surface area contributed by atoms with Crippen LogP contribution in [0, 0.1) is 0 Å². The van der Waals surface area contributed by atoms with Crippen LogP contribution < -0.4 is 5.32 Å². The molecule has 0 radical (unpaired) electrons. The summed E-state index contributed by atoms with van der Waals surface area (Å²) in [5.41, 5.74) is 2.78. The van der Waals surface area contributed by atoms with Gasteiger partial charge in [0.1, 0.15) is 0 Å². The van der Waals surface area contributed by atoms with Gasteiger partial charge in [0.2, 0.25) is 0 Å². The van der Waals surface area contributed by atoms with Gasteiger partial charge in [-0.25, -0.2) is 0 Å². The number of carbonyl (C=O) groups excluding carboxylic acids is 1. The van der Waals surface area contributed by atoms with Crippen LogP contribution in [0.25, 0.3) is 0 Å². The van der Waals surface area contributed by atoms with Crippen molar-refractivity contribution in [2.24, 2.45) is 7.05 Å². The number of aryl methyl sites for hydroxylation is 1. The highest BCUT2D eigenvalue weighted by Gasteiger charge is 2.10. The summed E-state index contributed by atoms with van der Waals surface area (Å²) in [7, 11) is 5.42. The zero-order valence-electron chi connectivity index (χ0n) is 12.3. The smallest absolute Gasteiger partial charge is 0.253 e. The first-order chi connectivity index (χ1) is 9.49. The summed E-state index contributed by atoms with van der Waals surface area (Å²) in [6.45, 7) is 2.08. The largest absolute Gasteiger partial charge is 0.377 e. The topological polar surface area (TPSA) is 50.2 Å². The molecular formula is C15H20N4O. The van der Waals surface area contributed by atoms with Gasteiger partial charge in [-0.3, -0.25) is 9.48 Å². The van der Waals surface area contributed by atoms with E-state index in [4.69, 9.17) is 0 Å². The SMILES string of the molecule is CC(Nc1ccc(C(=O)N(C)C)cc1)c1ccnn1C.